The predicted molar refractivity (Wildman–Crippen MR) is 75.6 cm³/mol. The molecule has 0 aliphatic heterocycles. The summed E-state index contributed by atoms with van der Waals surface area (Å²) >= 11 is 0. The topological polar surface area (TPSA) is 43.4 Å². The monoisotopic (exact) mass is 260 g/mol. The summed E-state index contributed by atoms with van der Waals surface area (Å²) < 4.78 is 5.10. The molecular weight excluding hydrogens is 240 g/mol. The number of Topliss-reactive ketones (excluding diaryl/α,β-unsaturated/α-hetero) is 1. The predicted octanol–water partition coefficient (Wildman–Crippen LogP) is 3.39. The lowest BCUT2D eigenvalue weighted by Gasteiger charge is -2.10. The third kappa shape index (κ3) is 4.05. The molecule has 1 aromatic carbocycles. The van der Waals surface area contributed by atoms with Crippen LogP contribution in [0.2, 0.25) is 0 Å². The Bertz CT molecular complexity index is 472. The highest BCUT2D eigenvalue weighted by Gasteiger charge is 2.21. The summed E-state index contributed by atoms with van der Waals surface area (Å²) in [6.45, 7) is 5.78. The molecule has 0 saturated carbocycles. The fourth-order valence-electron chi connectivity index (χ4n) is 1.75. The van der Waals surface area contributed by atoms with E-state index in [2.05, 4.69) is 0 Å². The molecule has 0 spiro atoms. The van der Waals surface area contributed by atoms with E-state index in [-0.39, 0.29) is 11.4 Å². The summed E-state index contributed by atoms with van der Waals surface area (Å²) in [7, 11) is 0. The molecule has 0 atom stereocenters. The smallest absolute Gasteiger partial charge is 0.342 e. The van der Waals surface area contributed by atoms with Gasteiger partial charge in [0.05, 0.1) is 6.61 Å². The molecule has 0 aliphatic rings. The number of carbonyl (C=O) groups excluding carboxylic acids is 2. The molecule has 0 radical (unpaired) electrons. The molecule has 0 N–H and O–H groups in total. The Morgan fingerprint density at radius 3 is 2.26 bits per heavy atom. The first-order valence-corrected chi connectivity index (χ1v) is 6.58. The number of ether oxygens (including phenoxy) is 1. The number of ketones is 1. The summed E-state index contributed by atoms with van der Waals surface area (Å²) in [6.07, 6.45) is 1.03. The van der Waals surface area contributed by atoms with Crippen LogP contribution in [0, 0.1) is 0 Å². The van der Waals surface area contributed by atoms with Crippen LogP contribution in [-0.4, -0.2) is 18.4 Å². The van der Waals surface area contributed by atoms with Crippen LogP contribution < -0.4 is 0 Å². The summed E-state index contributed by atoms with van der Waals surface area (Å²) in [5.41, 5.74) is 1.71. The SMILES string of the molecule is CCCOC(=O)C(C(=O)CC)=C(C)c1ccccc1. The number of esters is 1. The van der Waals surface area contributed by atoms with E-state index in [0.717, 1.165) is 12.0 Å². The van der Waals surface area contributed by atoms with E-state index in [1.807, 2.05) is 37.3 Å². The normalized spacial score (nSPS) is 11.7. The molecule has 1 aromatic rings. The molecule has 0 unspecified atom stereocenters. The first-order chi connectivity index (χ1) is 9.11. The van der Waals surface area contributed by atoms with Gasteiger partial charge in [-0.05, 0) is 24.5 Å². The number of rotatable bonds is 6. The number of hydrogen-bond donors (Lipinski definition) is 0. The fraction of sp³-hybridized carbons (Fsp3) is 0.375. The molecule has 0 saturated heterocycles. The van der Waals surface area contributed by atoms with Gasteiger partial charge in [0.2, 0.25) is 0 Å². The second kappa shape index (κ2) is 7.52. The van der Waals surface area contributed by atoms with Crippen molar-refractivity contribution in [1.82, 2.24) is 0 Å². The minimum atomic E-state index is -0.518. The van der Waals surface area contributed by atoms with E-state index in [1.165, 1.54) is 0 Å². The van der Waals surface area contributed by atoms with Crippen molar-refractivity contribution in [3.63, 3.8) is 0 Å². The van der Waals surface area contributed by atoms with Crippen LogP contribution in [0.3, 0.4) is 0 Å². The summed E-state index contributed by atoms with van der Waals surface area (Å²) in [4.78, 5) is 24.0. The second-order valence-corrected chi connectivity index (χ2v) is 4.28. The van der Waals surface area contributed by atoms with Gasteiger partial charge in [-0.1, -0.05) is 44.2 Å². The molecule has 1 rings (SSSR count). The van der Waals surface area contributed by atoms with Gasteiger partial charge in [0.1, 0.15) is 5.57 Å². The number of allylic oxidation sites excluding steroid dienone is 1. The van der Waals surface area contributed by atoms with Crippen molar-refractivity contribution in [3.05, 3.63) is 41.5 Å². The van der Waals surface area contributed by atoms with Crippen molar-refractivity contribution >= 4 is 17.3 Å². The summed E-state index contributed by atoms with van der Waals surface area (Å²) in [6, 6.07) is 9.42. The average Bonchev–Trinajstić information content (AvgIpc) is 2.45. The van der Waals surface area contributed by atoms with Crippen molar-refractivity contribution in [2.75, 3.05) is 6.61 Å². The van der Waals surface area contributed by atoms with E-state index in [1.54, 1.807) is 13.8 Å². The Balaban J connectivity index is 3.15. The lowest BCUT2D eigenvalue weighted by Crippen LogP contribution is -2.17. The van der Waals surface area contributed by atoms with Gasteiger partial charge in [0, 0.05) is 6.42 Å². The van der Waals surface area contributed by atoms with Crippen LogP contribution in [0.15, 0.2) is 35.9 Å². The maximum atomic E-state index is 12.0. The maximum absolute atomic E-state index is 12.0. The minimum absolute atomic E-state index is 0.169. The number of hydrogen-bond acceptors (Lipinski definition) is 3. The molecule has 0 fully saturated rings. The van der Waals surface area contributed by atoms with Crippen LogP contribution in [0.1, 0.15) is 39.2 Å². The van der Waals surface area contributed by atoms with Gasteiger partial charge in [-0.2, -0.15) is 0 Å². The largest absolute Gasteiger partial charge is 0.462 e. The standard InChI is InChI=1S/C16H20O3/c1-4-11-19-16(18)15(14(17)5-2)12(3)13-9-7-6-8-10-13/h6-10H,4-5,11H2,1-3H3. The molecule has 0 bridgehead atoms. The molecule has 19 heavy (non-hydrogen) atoms. The van der Waals surface area contributed by atoms with Gasteiger partial charge >= 0.3 is 5.97 Å². The van der Waals surface area contributed by atoms with Crippen LogP contribution in [0.5, 0.6) is 0 Å². The number of carbonyl (C=O) groups is 2. The van der Waals surface area contributed by atoms with Gasteiger partial charge in [0.15, 0.2) is 5.78 Å². The highest BCUT2D eigenvalue weighted by Crippen LogP contribution is 2.20. The Kier molecular flexibility index (Phi) is 6.00. The molecule has 0 aliphatic carbocycles. The Labute approximate surface area is 114 Å². The van der Waals surface area contributed by atoms with Crippen molar-refractivity contribution in [2.45, 2.75) is 33.6 Å². The van der Waals surface area contributed by atoms with E-state index < -0.39 is 5.97 Å². The Morgan fingerprint density at radius 2 is 1.74 bits per heavy atom. The Morgan fingerprint density at radius 1 is 1.11 bits per heavy atom. The van der Waals surface area contributed by atoms with Crippen molar-refractivity contribution in [2.24, 2.45) is 0 Å². The van der Waals surface area contributed by atoms with Crippen LogP contribution >= 0.6 is 0 Å². The molecule has 0 heterocycles. The van der Waals surface area contributed by atoms with Crippen LogP contribution in [0.4, 0.5) is 0 Å². The fourth-order valence-corrected chi connectivity index (χ4v) is 1.75. The second-order valence-electron chi connectivity index (χ2n) is 4.28. The average molecular weight is 260 g/mol. The Hall–Kier alpha value is -1.90. The van der Waals surface area contributed by atoms with E-state index >= 15 is 0 Å². The zero-order chi connectivity index (χ0) is 14.3. The van der Waals surface area contributed by atoms with Gasteiger partial charge in [-0.25, -0.2) is 4.79 Å². The molecule has 3 heteroatoms. The van der Waals surface area contributed by atoms with E-state index in [9.17, 15) is 9.59 Å². The van der Waals surface area contributed by atoms with Gasteiger partial charge in [-0.15, -0.1) is 0 Å². The zero-order valence-electron chi connectivity index (χ0n) is 11.7. The third-order valence-electron chi connectivity index (χ3n) is 2.82. The molecule has 0 aromatic heterocycles. The zero-order valence-corrected chi connectivity index (χ0v) is 11.7. The minimum Gasteiger partial charge on any atom is -0.462 e. The summed E-state index contributed by atoms with van der Waals surface area (Å²) in [5.74, 6) is -0.697. The quantitative estimate of drug-likeness (QED) is 0.341. The third-order valence-corrected chi connectivity index (χ3v) is 2.82. The molecular formula is C16H20O3. The highest BCUT2D eigenvalue weighted by atomic mass is 16.5. The van der Waals surface area contributed by atoms with E-state index in [4.69, 9.17) is 4.74 Å². The maximum Gasteiger partial charge on any atom is 0.342 e. The molecule has 0 amide bonds. The van der Waals surface area contributed by atoms with Crippen molar-refractivity contribution in [1.29, 1.82) is 0 Å². The molecule has 3 nitrogen and oxygen atoms in total. The number of benzene rings is 1. The first-order valence-electron chi connectivity index (χ1n) is 6.58. The molecule has 102 valence electrons. The van der Waals surface area contributed by atoms with Gasteiger partial charge in [0.25, 0.3) is 0 Å². The van der Waals surface area contributed by atoms with Gasteiger partial charge in [-0.3, -0.25) is 4.79 Å². The first kappa shape index (κ1) is 15.2. The highest BCUT2D eigenvalue weighted by molar-refractivity contribution is 6.22. The van der Waals surface area contributed by atoms with Gasteiger partial charge < -0.3 is 4.74 Å². The van der Waals surface area contributed by atoms with Crippen molar-refractivity contribution < 1.29 is 14.3 Å². The van der Waals surface area contributed by atoms with Crippen molar-refractivity contribution in [3.8, 4) is 0 Å². The van der Waals surface area contributed by atoms with Crippen LogP contribution in [-0.2, 0) is 14.3 Å². The summed E-state index contributed by atoms with van der Waals surface area (Å²) in [5, 5.41) is 0. The lowest BCUT2D eigenvalue weighted by atomic mass is 9.97. The lowest BCUT2D eigenvalue weighted by molar-refractivity contribution is -0.140. The van der Waals surface area contributed by atoms with Crippen LogP contribution in [0.25, 0.3) is 5.57 Å². The van der Waals surface area contributed by atoms with E-state index in [0.29, 0.717) is 18.6 Å².